The summed E-state index contributed by atoms with van der Waals surface area (Å²) in [6.07, 6.45) is 5.07. The van der Waals surface area contributed by atoms with Gasteiger partial charge in [0.25, 0.3) is 5.91 Å². The van der Waals surface area contributed by atoms with Crippen LogP contribution in [0.3, 0.4) is 0 Å². The molecule has 38 heavy (non-hydrogen) atoms. The molecule has 200 valence electrons. The maximum Gasteiger partial charge on any atom is 0.311 e. The fourth-order valence-corrected chi connectivity index (χ4v) is 8.81. The number of thioether (sulfide) groups is 1. The second-order valence-corrected chi connectivity index (χ2v) is 11.8. The highest BCUT2D eigenvalue weighted by atomic mass is 32.2. The van der Waals surface area contributed by atoms with Crippen LogP contribution in [0.2, 0.25) is 0 Å². The Kier molecular flexibility index (Phi) is 7.38. The molecule has 0 aliphatic carbocycles. The first-order chi connectivity index (χ1) is 18.4. The molecule has 2 bridgehead atoms. The summed E-state index contributed by atoms with van der Waals surface area (Å²) in [4.78, 5) is 45.1. The van der Waals surface area contributed by atoms with E-state index in [1.54, 1.807) is 27.6 Å². The smallest absolute Gasteiger partial charge is 0.311 e. The zero-order valence-corrected chi connectivity index (χ0v) is 22.4. The first kappa shape index (κ1) is 26.5. The number of nitrogens with zero attached hydrogens (tertiary/aromatic N) is 2. The van der Waals surface area contributed by atoms with Gasteiger partial charge in [0.2, 0.25) is 5.91 Å². The van der Waals surface area contributed by atoms with Crippen LogP contribution in [0.4, 0.5) is 5.69 Å². The lowest BCUT2D eigenvalue weighted by Gasteiger charge is -2.39. The Balaban J connectivity index is 1.59. The lowest BCUT2D eigenvalue weighted by atomic mass is 9.71. The van der Waals surface area contributed by atoms with Crippen molar-refractivity contribution < 1.29 is 24.2 Å². The number of amides is 2. The predicted molar refractivity (Wildman–Crippen MR) is 150 cm³/mol. The first-order valence-corrected chi connectivity index (χ1v) is 14.1. The highest BCUT2D eigenvalue weighted by molar-refractivity contribution is 8.02. The number of likely N-dealkylation sites (tertiary alicyclic amines) is 1. The average molecular weight is 535 g/mol. The molecule has 1 N–H and O–H groups in total. The largest absolute Gasteiger partial charge is 0.461 e. The number of aliphatic hydroxyl groups excluding tert-OH is 1. The predicted octanol–water partition coefficient (Wildman–Crippen LogP) is 3.95. The Labute approximate surface area is 227 Å². The number of anilines is 1. The SMILES string of the molecule is C=CCOC(=O)[C@@H]1[C@@H]2CCC3(S2)C(C(=O)N(CC=C)c2ccc4ccccc4c2)N([C@@H](CC)CO)C(=O)[C@H]13. The van der Waals surface area contributed by atoms with Crippen LogP contribution in [0.5, 0.6) is 0 Å². The minimum absolute atomic E-state index is 0.0794. The standard InChI is InChI=1S/C30H34N2O5S/c1-4-15-31(22-12-11-19-9-7-8-10-20(19)17-22)28(35)26-30-14-13-23(38-30)24(29(36)37-16-5-2)25(30)27(34)32(26)21(6-3)18-33/h4-5,7-12,17,21,23-26,33H,1-2,6,13-16,18H2,3H3/t21-,23-,24+,25-,26?,30?/m0/s1. The Morgan fingerprint density at radius 1 is 1.24 bits per heavy atom. The lowest BCUT2D eigenvalue weighted by Crippen LogP contribution is -2.57. The number of carbonyl (C=O) groups excluding carboxylic acids is 3. The highest BCUT2D eigenvalue weighted by Crippen LogP contribution is 2.67. The second-order valence-electron chi connectivity index (χ2n) is 10.2. The second kappa shape index (κ2) is 10.6. The Morgan fingerprint density at radius 3 is 2.68 bits per heavy atom. The first-order valence-electron chi connectivity index (χ1n) is 13.2. The van der Waals surface area contributed by atoms with Gasteiger partial charge >= 0.3 is 5.97 Å². The van der Waals surface area contributed by atoms with Crippen LogP contribution in [0.25, 0.3) is 10.8 Å². The highest BCUT2D eigenvalue weighted by Gasteiger charge is 2.74. The molecule has 3 aliphatic rings. The quantitative estimate of drug-likeness (QED) is 0.367. The van der Waals surface area contributed by atoms with E-state index in [0.29, 0.717) is 12.8 Å². The summed E-state index contributed by atoms with van der Waals surface area (Å²) in [6, 6.07) is 12.5. The van der Waals surface area contributed by atoms with E-state index in [4.69, 9.17) is 4.74 Å². The van der Waals surface area contributed by atoms with E-state index in [2.05, 4.69) is 13.2 Å². The number of fused-ring (bicyclic) bond motifs is 2. The molecule has 8 heteroatoms. The van der Waals surface area contributed by atoms with Gasteiger partial charge in [-0.3, -0.25) is 14.4 Å². The molecule has 0 aromatic heterocycles. The van der Waals surface area contributed by atoms with Crippen molar-refractivity contribution in [3.05, 3.63) is 67.8 Å². The molecule has 2 amide bonds. The number of rotatable bonds is 10. The lowest BCUT2D eigenvalue weighted by molar-refractivity contribution is -0.153. The van der Waals surface area contributed by atoms with E-state index in [0.717, 1.165) is 22.9 Å². The molecule has 5 rings (SSSR count). The molecule has 3 heterocycles. The third kappa shape index (κ3) is 4.05. The zero-order valence-electron chi connectivity index (χ0n) is 21.6. The summed E-state index contributed by atoms with van der Waals surface area (Å²) >= 11 is 1.59. The van der Waals surface area contributed by atoms with Crippen molar-refractivity contribution in [2.75, 3.05) is 24.7 Å². The van der Waals surface area contributed by atoms with Gasteiger partial charge in [-0.25, -0.2) is 0 Å². The fourth-order valence-electron chi connectivity index (χ4n) is 6.63. The number of carbonyl (C=O) groups is 3. The van der Waals surface area contributed by atoms with Gasteiger partial charge in [0.1, 0.15) is 12.6 Å². The maximum absolute atomic E-state index is 14.6. The van der Waals surface area contributed by atoms with Gasteiger partial charge in [-0.2, -0.15) is 0 Å². The van der Waals surface area contributed by atoms with Gasteiger partial charge in [-0.05, 0) is 42.2 Å². The van der Waals surface area contributed by atoms with Crippen molar-refractivity contribution in [2.45, 2.75) is 48.3 Å². The average Bonchev–Trinajstić information content (AvgIpc) is 3.58. The molecule has 3 saturated heterocycles. The summed E-state index contributed by atoms with van der Waals surface area (Å²) in [5.74, 6) is -2.15. The van der Waals surface area contributed by atoms with Crippen molar-refractivity contribution in [1.29, 1.82) is 0 Å². The third-order valence-electron chi connectivity index (χ3n) is 8.29. The summed E-state index contributed by atoms with van der Waals surface area (Å²) in [5, 5.41) is 12.2. The third-order valence-corrected chi connectivity index (χ3v) is 10.2. The normalized spacial score (nSPS) is 28.3. The molecule has 0 radical (unpaired) electrons. The number of esters is 1. The van der Waals surface area contributed by atoms with E-state index in [1.165, 1.54) is 6.08 Å². The molecule has 0 saturated carbocycles. The van der Waals surface area contributed by atoms with Crippen LogP contribution in [-0.2, 0) is 19.1 Å². The van der Waals surface area contributed by atoms with Crippen molar-refractivity contribution in [3.63, 3.8) is 0 Å². The minimum Gasteiger partial charge on any atom is -0.461 e. The summed E-state index contributed by atoms with van der Waals surface area (Å²) < 4.78 is 4.67. The topological polar surface area (TPSA) is 87.2 Å². The molecule has 2 aromatic rings. The van der Waals surface area contributed by atoms with Gasteiger partial charge in [0.15, 0.2) is 0 Å². The van der Waals surface area contributed by atoms with Gasteiger partial charge in [0, 0.05) is 17.5 Å². The number of benzene rings is 2. The Hall–Kier alpha value is -3.10. The van der Waals surface area contributed by atoms with E-state index in [1.807, 2.05) is 49.4 Å². The van der Waals surface area contributed by atoms with Crippen LogP contribution < -0.4 is 4.90 Å². The zero-order chi connectivity index (χ0) is 27.0. The number of hydrogen-bond donors (Lipinski definition) is 1. The minimum atomic E-state index is -0.810. The molecule has 3 aliphatic heterocycles. The number of ether oxygens (including phenoxy) is 1. The number of hydrogen-bond acceptors (Lipinski definition) is 6. The molecule has 7 nitrogen and oxygen atoms in total. The molecule has 6 atom stereocenters. The van der Waals surface area contributed by atoms with E-state index >= 15 is 0 Å². The van der Waals surface area contributed by atoms with E-state index in [9.17, 15) is 19.5 Å². The van der Waals surface area contributed by atoms with Crippen LogP contribution in [-0.4, -0.2) is 69.6 Å². The van der Waals surface area contributed by atoms with Gasteiger partial charge in [-0.15, -0.1) is 18.3 Å². The van der Waals surface area contributed by atoms with Crippen LogP contribution in [0.15, 0.2) is 67.8 Å². The van der Waals surface area contributed by atoms with Crippen molar-refractivity contribution in [3.8, 4) is 0 Å². The van der Waals surface area contributed by atoms with E-state index < -0.39 is 34.6 Å². The molecule has 2 aromatic carbocycles. The monoisotopic (exact) mass is 534 g/mol. The van der Waals surface area contributed by atoms with Crippen molar-refractivity contribution in [2.24, 2.45) is 11.8 Å². The maximum atomic E-state index is 14.6. The molecular formula is C30H34N2O5S. The Bertz CT molecular complexity index is 1280. The summed E-state index contributed by atoms with van der Waals surface area (Å²) in [5.41, 5.74) is 0.720. The number of aliphatic hydroxyl groups is 1. The van der Waals surface area contributed by atoms with Gasteiger partial charge in [0.05, 0.1) is 29.2 Å². The van der Waals surface area contributed by atoms with Crippen LogP contribution >= 0.6 is 11.8 Å². The molecular weight excluding hydrogens is 500 g/mol. The van der Waals surface area contributed by atoms with Gasteiger partial charge in [-0.1, -0.05) is 56.0 Å². The molecule has 1 spiro atoms. The van der Waals surface area contributed by atoms with Crippen molar-refractivity contribution >= 4 is 46.0 Å². The molecule has 2 unspecified atom stereocenters. The van der Waals surface area contributed by atoms with Gasteiger partial charge < -0.3 is 19.6 Å². The van der Waals surface area contributed by atoms with E-state index in [-0.39, 0.29) is 36.8 Å². The van der Waals surface area contributed by atoms with Crippen LogP contribution in [0, 0.1) is 11.8 Å². The Morgan fingerprint density at radius 2 is 2.00 bits per heavy atom. The van der Waals surface area contributed by atoms with Crippen LogP contribution in [0.1, 0.15) is 26.2 Å². The fraction of sp³-hybridized carbons (Fsp3) is 0.433. The van der Waals surface area contributed by atoms with Crippen molar-refractivity contribution in [1.82, 2.24) is 4.90 Å². The summed E-state index contributed by atoms with van der Waals surface area (Å²) in [7, 11) is 0. The summed E-state index contributed by atoms with van der Waals surface area (Å²) in [6.45, 7) is 9.49. The molecule has 3 fully saturated rings.